The second-order valence-corrected chi connectivity index (χ2v) is 5.25. The summed E-state index contributed by atoms with van der Waals surface area (Å²) in [7, 11) is 0. The van der Waals surface area contributed by atoms with Crippen molar-refractivity contribution in [2.24, 2.45) is 0 Å². The molecule has 0 bridgehead atoms. The highest BCUT2D eigenvalue weighted by Crippen LogP contribution is 2.27. The summed E-state index contributed by atoms with van der Waals surface area (Å²) in [5.74, 6) is 0. The molecule has 0 aliphatic rings. The number of benzene rings is 1. The van der Waals surface area contributed by atoms with E-state index in [1.54, 1.807) is 12.1 Å². The van der Waals surface area contributed by atoms with Crippen molar-refractivity contribution in [3.05, 3.63) is 31.9 Å². The number of hydrogen-bond acceptors (Lipinski definition) is 4. The fourth-order valence-corrected chi connectivity index (χ4v) is 2.37. The number of nitrogens with zero attached hydrogens (tertiary/aromatic N) is 3. The van der Waals surface area contributed by atoms with Crippen molar-refractivity contribution in [2.45, 2.75) is 26.3 Å². The molecule has 0 fully saturated rings. The Morgan fingerprint density at radius 2 is 2.22 bits per heavy atom. The van der Waals surface area contributed by atoms with Crippen molar-refractivity contribution in [3.63, 3.8) is 0 Å². The predicted octanol–water partition coefficient (Wildman–Crippen LogP) is 3.33. The summed E-state index contributed by atoms with van der Waals surface area (Å²) < 4.78 is 0.609. The molecule has 1 rings (SSSR count). The number of halogens is 1. The number of rotatable bonds is 5. The fourth-order valence-electron chi connectivity index (χ4n) is 1.68. The molecule has 0 aliphatic carbocycles. The minimum absolute atomic E-state index is 0.114. The topological polar surface area (TPSA) is 70.2 Å². The predicted molar refractivity (Wildman–Crippen MR) is 78.5 cm³/mol. The third kappa shape index (κ3) is 3.57. The monoisotopic (exact) mass is 359 g/mol. The van der Waals surface area contributed by atoms with Gasteiger partial charge in [0.2, 0.25) is 0 Å². The zero-order valence-electron chi connectivity index (χ0n) is 10.3. The molecule has 0 atom stereocenters. The van der Waals surface area contributed by atoms with E-state index >= 15 is 0 Å². The molecular weight excluding hydrogens is 345 g/mol. The maximum atomic E-state index is 10.8. The Balaban J connectivity index is 3.03. The molecule has 0 radical (unpaired) electrons. The lowest BCUT2D eigenvalue weighted by Gasteiger charge is -2.28. The van der Waals surface area contributed by atoms with Crippen LogP contribution in [-0.4, -0.2) is 17.5 Å². The summed E-state index contributed by atoms with van der Waals surface area (Å²) in [5.41, 5.74) is 1.03. The molecule has 0 aliphatic heterocycles. The second kappa shape index (κ2) is 6.54. The van der Waals surface area contributed by atoms with Gasteiger partial charge in [-0.15, -0.1) is 0 Å². The van der Waals surface area contributed by atoms with Crippen LogP contribution in [0.1, 0.15) is 20.3 Å². The van der Waals surface area contributed by atoms with Gasteiger partial charge in [0.1, 0.15) is 0 Å². The highest BCUT2D eigenvalue weighted by Gasteiger charge is 2.16. The Hall–Kier alpha value is -1.36. The van der Waals surface area contributed by atoms with E-state index < -0.39 is 0 Å². The molecule has 5 nitrogen and oxygen atoms in total. The molecule has 0 saturated heterocycles. The van der Waals surface area contributed by atoms with E-state index in [0.717, 1.165) is 5.69 Å². The quantitative estimate of drug-likeness (QED) is 0.459. The molecule has 1 aromatic rings. The first-order chi connectivity index (χ1) is 8.47. The van der Waals surface area contributed by atoms with E-state index in [-0.39, 0.29) is 16.7 Å². The van der Waals surface area contributed by atoms with Crippen LogP contribution >= 0.6 is 22.6 Å². The van der Waals surface area contributed by atoms with E-state index in [1.165, 1.54) is 6.07 Å². The van der Waals surface area contributed by atoms with E-state index in [0.29, 0.717) is 16.5 Å². The molecule has 0 saturated carbocycles. The third-order valence-corrected chi connectivity index (χ3v) is 3.41. The molecule has 18 heavy (non-hydrogen) atoms. The molecule has 1 aromatic carbocycles. The van der Waals surface area contributed by atoms with Gasteiger partial charge in [0, 0.05) is 24.3 Å². The maximum absolute atomic E-state index is 10.8. The van der Waals surface area contributed by atoms with Crippen LogP contribution in [-0.2, 0) is 0 Å². The largest absolute Gasteiger partial charge is 0.368 e. The van der Waals surface area contributed by atoms with Crippen LogP contribution in [0.5, 0.6) is 0 Å². The Bertz CT molecular complexity index is 483. The van der Waals surface area contributed by atoms with Gasteiger partial charge in [0.05, 0.1) is 21.0 Å². The van der Waals surface area contributed by atoms with Crippen LogP contribution in [0.3, 0.4) is 0 Å². The highest BCUT2D eigenvalue weighted by molar-refractivity contribution is 14.1. The lowest BCUT2D eigenvalue weighted by Crippen LogP contribution is -2.31. The zero-order valence-corrected chi connectivity index (χ0v) is 12.4. The number of nitro benzene ring substituents is 1. The van der Waals surface area contributed by atoms with Gasteiger partial charge < -0.3 is 4.90 Å². The molecule has 0 amide bonds. The summed E-state index contributed by atoms with van der Waals surface area (Å²) in [6.45, 7) is 4.69. The molecular formula is C12H14IN3O2. The molecule has 0 unspecified atom stereocenters. The molecule has 0 heterocycles. The van der Waals surface area contributed by atoms with E-state index in [9.17, 15) is 10.1 Å². The summed E-state index contributed by atoms with van der Waals surface area (Å²) >= 11 is 1.96. The Morgan fingerprint density at radius 1 is 1.56 bits per heavy atom. The minimum Gasteiger partial charge on any atom is -0.368 e. The summed E-state index contributed by atoms with van der Waals surface area (Å²) in [4.78, 5) is 12.4. The lowest BCUT2D eigenvalue weighted by atomic mass is 10.2. The number of hydrogen-bond donors (Lipinski definition) is 0. The standard InChI is InChI=1S/C12H14IN3O2/c1-9(2)15(7-3-6-14)10-4-5-12(16(17)18)11(13)8-10/h4-5,8-9H,3,7H2,1-2H3. The maximum Gasteiger partial charge on any atom is 0.282 e. The first-order valence-electron chi connectivity index (χ1n) is 5.55. The summed E-state index contributed by atoms with van der Waals surface area (Å²) in [6, 6.07) is 7.40. The smallest absolute Gasteiger partial charge is 0.282 e. The average molecular weight is 359 g/mol. The molecule has 96 valence electrons. The first-order valence-corrected chi connectivity index (χ1v) is 6.62. The van der Waals surface area contributed by atoms with Gasteiger partial charge in [0.25, 0.3) is 5.69 Å². The van der Waals surface area contributed by atoms with Crippen molar-refractivity contribution in [3.8, 4) is 6.07 Å². The van der Waals surface area contributed by atoms with Gasteiger partial charge >= 0.3 is 0 Å². The molecule has 0 N–H and O–H groups in total. The van der Waals surface area contributed by atoms with Gasteiger partial charge in [-0.05, 0) is 48.6 Å². The van der Waals surface area contributed by atoms with Crippen molar-refractivity contribution in [2.75, 3.05) is 11.4 Å². The van der Waals surface area contributed by atoms with Crippen LogP contribution in [0.2, 0.25) is 0 Å². The Labute approximate surface area is 120 Å². The summed E-state index contributed by atoms with van der Waals surface area (Å²) in [5, 5.41) is 19.4. The van der Waals surface area contributed by atoms with Crippen LogP contribution in [0, 0.1) is 25.0 Å². The first kappa shape index (κ1) is 14.7. The van der Waals surface area contributed by atoms with Gasteiger partial charge in [-0.1, -0.05) is 0 Å². The fraction of sp³-hybridized carbons (Fsp3) is 0.417. The number of nitriles is 1. The zero-order chi connectivity index (χ0) is 13.7. The van der Waals surface area contributed by atoms with Gasteiger partial charge in [0.15, 0.2) is 0 Å². The van der Waals surface area contributed by atoms with E-state index in [2.05, 4.69) is 11.0 Å². The minimum atomic E-state index is -0.388. The average Bonchev–Trinajstić information content (AvgIpc) is 2.28. The molecule has 0 aromatic heterocycles. The lowest BCUT2D eigenvalue weighted by molar-refractivity contribution is -0.385. The number of nitro groups is 1. The van der Waals surface area contributed by atoms with Crippen molar-refractivity contribution < 1.29 is 4.92 Å². The Kier molecular flexibility index (Phi) is 5.34. The van der Waals surface area contributed by atoms with Crippen LogP contribution < -0.4 is 4.90 Å². The second-order valence-electron chi connectivity index (χ2n) is 4.09. The van der Waals surface area contributed by atoms with Crippen LogP contribution in [0.25, 0.3) is 0 Å². The summed E-state index contributed by atoms with van der Waals surface area (Å²) in [6.07, 6.45) is 0.436. The number of anilines is 1. The molecule has 0 spiro atoms. The van der Waals surface area contributed by atoms with E-state index in [1.807, 2.05) is 36.4 Å². The van der Waals surface area contributed by atoms with Gasteiger partial charge in [-0.3, -0.25) is 10.1 Å². The highest BCUT2D eigenvalue weighted by atomic mass is 127. The van der Waals surface area contributed by atoms with Crippen molar-refractivity contribution in [1.29, 1.82) is 5.26 Å². The van der Waals surface area contributed by atoms with E-state index in [4.69, 9.17) is 5.26 Å². The SMILES string of the molecule is CC(C)N(CCC#N)c1ccc([N+](=O)[O-])c(I)c1. The van der Waals surface area contributed by atoms with Crippen LogP contribution in [0.4, 0.5) is 11.4 Å². The van der Waals surface area contributed by atoms with Crippen molar-refractivity contribution >= 4 is 34.0 Å². The third-order valence-electron chi connectivity index (χ3n) is 2.55. The van der Waals surface area contributed by atoms with Gasteiger partial charge in [-0.25, -0.2) is 0 Å². The molecule has 6 heteroatoms. The van der Waals surface area contributed by atoms with Crippen LogP contribution in [0.15, 0.2) is 18.2 Å². The van der Waals surface area contributed by atoms with Gasteiger partial charge in [-0.2, -0.15) is 5.26 Å². The van der Waals surface area contributed by atoms with Crippen molar-refractivity contribution in [1.82, 2.24) is 0 Å². The normalized spacial score (nSPS) is 10.2. The Morgan fingerprint density at radius 3 is 2.67 bits per heavy atom.